The van der Waals surface area contributed by atoms with Crippen molar-refractivity contribution < 1.29 is 27.4 Å². The summed E-state index contributed by atoms with van der Waals surface area (Å²) >= 11 is 0. The lowest BCUT2D eigenvalue weighted by Gasteiger charge is -2.30. The van der Waals surface area contributed by atoms with E-state index in [-0.39, 0.29) is 34.6 Å². The summed E-state index contributed by atoms with van der Waals surface area (Å²) in [6, 6.07) is 10.9. The van der Waals surface area contributed by atoms with Crippen LogP contribution in [0, 0.1) is 5.92 Å². The Kier molecular flexibility index (Phi) is 8.40. The second-order valence-corrected chi connectivity index (χ2v) is 10.2. The van der Waals surface area contributed by atoms with Gasteiger partial charge >= 0.3 is 0 Å². The van der Waals surface area contributed by atoms with Crippen molar-refractivity contribution in [1.29, 1.82) is 0 Å². The zero-order valence-electron chi connectivity index (χ0n) is 20.2. The summed E-state index contributed by atoms with van der Waals surface area (Å²) in [5, 5.41) is 3.42. The molecule has 3 rings (SSSR count). The summed E-state index contributed by atoms with van der Waals surface area (Å²) in [6.45, 7) is 5.49. The molecule has 0 radical (unpaired) electrons. The fraction of sp³-hybridized carbons (Fsp3) is 0.458. The number of rotatable bonds is 5. The van der Waals surface area contributed by atoms with E-state index >= 15 is 0 Å². The highest BCUT2D eigenvalue weighted by atomic mass is 32.2. The van der Waals surface area contributed by atoms with Crippen molar-refractivity contribution in [2.24, 2.45) is 5.92 Å². The highest BCUT2D eigenvalue weighted by Gasteiger charge is 2.26. The summed E-state index contributed by atoms with van der Waals surface area (Å²) in [5.74, 6) is 0.698. The average molecular weight is 492 g/mol. The highest BCUT2D eigenvalue weighted by molar-refractivity contribution is 7.92. The van der Waals surface area contributed by atoms with Gasteiger partial charge in [-0.1, -0.05) is 13.0 Å². The van der Waals surface area contributed by atoms with Crippen LogP contribution in [0.2, 0.25) is 0 Å². The molecule has 0 bridgehead atoms. The maximum absolute atomic E-state index is 13.2. The number of methoxy groups -OCH3 is 2. The van der Waals surface area contributed by atoms with Gasteiger partial charge in [-0.25, -0.2) is 8.42 Å². The molecule has 0 saturated heterocycles. The smallest absolute Gasteiger partial charge is 0.262 e. The lowest BCUT2D eigenvalue weighted by molar-refractivity contribution is 0.0281. The first-order valence-electron chi connectivity index (χ1n) is 11.1. The quantitative estimate of drug-likeness (QED) is 0.662. The van der Waals surface area contributed by atoms with E-state index in [0.717, 1.165) is 0 Å². The van der Waals surface area contributed by atoms with E-state index in [4.69, 9.17) is 14.2 Å². The number of likely N-dealkylation sites (N-methyl/N-ethyl adjacent to an activating group) is 1. The Morgan fingerprint density at radius 1 is 1.15 bits per heavy atom. The van der Waals surface area contributed by atoms with Gasteiger partial charge in [0.05, 0.1) is 29.4 Å². The Hall–Kier alpha value is -2.82. The first-order chi connectivity index (χ1) is 16.1. The summed E-state index contributed by atoms with van der Waals surface area (Å²) in [7, 11) is 0.958. The normalized spacial score (nSPS) is 22.1. The molecule has 3 atom stereocenters. The van der Waals surface area contributed by atoms with Crippen LogP contribution < -0.4 is 19.5 Å². The first-order valence-corrected chi connectivity index (χ1v) is 12.6. The van der Waals surface area contributed by atoms with E-state index < -0.39 is 10.0 Å². The number of hydrogen-bond donors (Lipinski definition) is 2. The minimum Gasteiger partial charge on any atom is -0.497 e. The number of sulfonamides is 1. The van der Waals surface area contributed by atoms with Crippen molar-refractivity contribution in [1.82, 2.24) is 10.2 Å². The van der Waals surface area contributed by atoms with E-state index in [1.54, 1.807) is 43.3 Å². The second kappa shape index (κ2) is 11.1. The number of nitrogens with one attached hydrogen (secondary N) is 2. The van der Waals surface area contributed by atoms with E-state index in [0.29, 0.717) is 36.8 Å². The van der Waals surface area contributed by atoms with Crippen LogP contribution in [0.5, 0.6) is 11.5 Å². The molecule has 0 saturated carbocycles. The molecule has 34 heavy (non-hydrogen) atoms. The number of anilines is 1. The number of ether oxygens (including phenoxy) is 3. The molecule has 0 spiro atoms. The molecule has 0 aromatic heterocycles. The Balaban J connectivity index is 1.92. The Morgan fingerprint density at radius 3 is 2.62 bits per heavy atom. The van der Waals surface area contributed by atoms with Crippen LogP contribution in [-0.2, 0) is 14.8 Å². The topological polar surface area (TPSA) is 106 Å². The lowest BCUT2D eigenvalue weighted by atomic mass is 10.0. The van der Waals surface area contributed by atoms with Crippen LogP contribution in [-0.4, -0.2) is 72.3 Å². The fourth-order valence-electron chi connectivity index (χ4n) is 3.70. The van der Waals surface area contributed by atoms with Gasteiger partial charge in [0, 0.05) is 45.4 Å². The van der Waals surface area contributed by atoms with E-state index in [2.05, 4.69) is 17.0 Å². The molecule has 186 valence electrons. The maximum atomic E-state index is 13.2. The third-order valence-electron chi connectivity index (χ3n) is 5.83. The number of hydrogen-bond acceptors (Lipinski definition) is 7. The minimum absolute atomic E-state index is 0.0113. The van der Waals surface area contributed by atoms with Crippen LogP contribution in [0.25, 0.3) is 0 Å². The Labute approximate surface area is 201 Å². The molecule has 1 heterocycles. The van der Waals surface area contributed by atoms with Crippen molar-refractivity contribution in [3.63, 3.8) is 0 Å². The molecule has 1 amide bonds. The van der Waals surface area contributed by atoms with Gasteiger partial charge in [0.25, 0.3) is 15.9 Å². The monoisotopic (exact) mass is 491 g/mol. The van der Waals surface area contributed by atoms with Gasteiger partial charge in [-0.15, -0.1) is 0 Å². The molecular weight excluding hydrogens is 458 g/mol. The van der Waals surface area contributed by atoms with E-state index in [1.807, 2.05) is 6.92 Å². The van der Waals surface area contributed by atoms with E-state index in [1.165, 1.54) is 25.3 Å². The van der Waals surface area contributed by atoms with Crippen LogP contribution >= 0.6 is 0 Å². The van der Waals surface area contributed by atoms with Crippen LogP contribution in [0.1, 0.15) is 24.2 Å². The molecule has 0 fully saturated rings. The van der Waals surface area contributed by atoms with Gasteiger partial charge in [-0.05, 0) is 37.1 Å². The fourth-order valence-corrected chi connectivity index (χ4v) is 4.79. The predicted octanol–water partition coefficient (Wildman–Crippen LogP) is 2.59. The number of carbonyl (C=O) groups is 1. The van der Waals surface area contributed by atoms with E-state index in [9.17, 15) is 13.2 Å². The van der Waals surface area contributed by atoms with Crippen LogP contribution in [0.3, 0.4) is 0 Å². The molecular formula is C24H33N3O6S. The molecule has 2 aromatic rings. The van der Waals surface area contributed by atoms with Crippen LogP contribution in [0.4, 0.5) is 5.69 Å². The summed E-state index contributed by atoms with van der Waals surface area (Å²) < 4.78 is 45.1. The number of nitrogens with zero attached hydrogens (tertiary/aromatic N) is 1. The largest absolute Gasteiger partial charge is 0.497 e. The Bertz CT molecular complexity index is 1110. The minimum atomic E-state index is -3.87. The molecule has 10 heteroatoms. The van der Waals surface area contributed by atoms with Gasteiger partial charge < -0.3 is 24.4 Å². The van der Waals surface area contributed by atoms with Crippen molar-refractivity contribution >= 4 is 21.6 Å². The van der Waals surface area contributed by atoms with Gasteiger partial charge in [0.2, 0.25) is 0 Å². The van der Waals surface area contributed by atoms with Crippen molar-refractivity contribution in [2.45, 2.75) is 30.9 Å². The first kappa shape index (κ1) is 25.8. The molecule has 2 aromatic carbocycles. The zero-order chi connectivity index (χ0) is 24.9. The summed E-state index contributed by atoms with van der Waals surface area (Å²) in [5.41, 5.74) is 0.634. The van der Waals surface area contributed by atoms with Crippen molar-refractivity contribution in [3.8, 4) is 11.5 Å². The highest BCUT2D eigenvalue weighted by Crippen LogP contribution is 2.28. The van der Waals surface area contributed by atoms with Crippen molar-refractivity contribution in [2.75, 3.05) is 45.7 Å². The molecule has 0 unspecified atom stereocenters. The van der Waals surface area contributed by atoms with Crippen molar-refractivity contribution in [3.05, 3.63) is 48.0 Å². The average Bonchev–Trinajstić information content (AvgIpc) is 2.83. The summed E-state index contributed by atoms with van der Waals surface area (Å²) in [6.07, 6.45) is -0.133. The zero-order valence-corrected chi connectivity index (χ0v) is 21.0. The third-order valence-corrected chi connectivity index (χ3v) is 7.21. The summed E-state index contributed by atoms with van der Waals surface area (Å²) in [4.78, 5) is 14.9. The number of fused-ring (bicyclic) bond motifs is 1. The molecule has 1 aliphatic heterocycles. The number of amides is 1. The number of carbonyl (C=O) groups excluding carboxylic acids is 1. The van der Waals surface area contributed by atoms with Gasteiger partial charge in [0.15, 0.2) is 0 Å². The molecule has 0 aliphatic carbocycles. The maximum Gasteiger partial charge on any atom is 0.262 e. The van der Waals surface area contributed by atoms with Gasteiger partial charge in [-0.3, -0.25) is 9.52 Å². The second-order valence-electron chi connectivity index (χ2n) is 8.55. The number of benzene rings is 2. The third kappa shape index (κ3) is 6.19. The van der Waals surface area contributed by atoms with Crippen LogP contribution in [0.15, 0.2) is 47.4 Å². The standard InChI is InChI=1S/C24H33N3O6S/c1-16-13-25-17(2)15-33-22-11-18(9-10-21(22)24(28)27(3)14-23(16)32-5)26-34(29,30)20-8-6-7-19(12-20)31-4/h6-12,16-17,23,25-26H,13-15H2,1-5H3/t16-,17-,23+/m0/s1. The molecule has 2 N–H and O–H groups in total. The van der Waals surface area contributed by atoms with Gasteiger partial charge in [-0.2, -0.15) is 0 Å². The lowest BCUT2D eigenvalue weighted by Crippen LogP contribution is -2.44. The SMILES string of the molecule is COc1cccc(S(=O)(=O)Nc2ccc3c(c2)OC[C@H](C)NC[C@H](C)[C@H](OC)CN(C)C3=O)c1. The Morgan fingerprint density at radius 2 is 1.91 bits per heavy atom. The molecule has 1 aliphatic rings. The van der Waals surface area contributed by atoms with Gasteiger partial charge in [0.1, 0.15) is 18.1 Å². The molecule has 9 nitrogen and oxygen atoms in total. The predicted molar refractivity (Wildman–Crippen MR) is 130 cm³/mol.